The molecule has 0 bridgehead atoms. The first-order valence-corrected chi connectivity index (χ1v) is 13.9. The van der Waals surface area contributed by atoms with E-state index in [2.05, 4.69) is 27.0 Å². The number of aromatic nitrogens is 2. The Morgan fingerprint density at radius 2 is 1.83 bits per heavy atom. The number of aromatic amines is 1. The standard InChI is InChI=1S/C33H28Cl2N4O2/c1-21-15-25(16-26(18-36)33(40)37-14-13-23-19-38-32-6-4-3-5-30(23)32)22(2)39(21)28-9-11-29(12-10-28)41-20-24-7-8-27(34)17-31(24)35/h3-12,15-17,19,38H,13-14,20H2,1-2H3,(H,37,40)/b26-16-. The summed E-state index contributed by atoms with van der Waals surface area (Å²) >= 11 is 12.2. The van der Waals surface area contributed by atoms with E-state index in [4.69, 9.17) is 27.9 Å². The van der Waals surface area contributed by atoms with E-state index >= 15 is 0 Å². The van der Waals surface area contributed by atoms with Crippen molar-refractivity contribution in [1.82, 2.24) is 14.9 Å². The van der Waals surface area contributed by atoms with E-state index in [0.717, 1.165) is 44.7 Å². The maximum Gasteiger partial charge on any atom is 0.261 e. The van der Waals surface area contributed by atoms with Crippen molar-refractivity contribution in [3.05, 3.63) is 123 Å². The van der Waals surface area contributed by atoms with Crippen LogP contribution in [0.2, 0.25) is 10.0 Å². The van der Waals surface area contributed by atoms with E-state index < -0.39 is 0 Å². The van der Waals surface area contributed by atoms with Crippen LogP contribution >= 0.6 is 23.2 Å². The van der Waals surface area contributed by atoms with E-state index in [-0.39, 0.29) is 11.5 Å². The molecular formula is C33H28Cl2N4O2. The number of nitrogens with zero attached hydrogens (tertiary/aromatic N) is 2. The number of fused-ring (bicyclic) bond motifs is 1. The molecule has 41 heavy (non-hydrogen) atoms. The number of nitriles is 1. The maximum atomic E-state index is 12.8. The summed E-state index contributed by atoms with van der Waals surface area (Å²) in [5.41, 5.74) is 6.75. The molecule has 5 rings (SSSR count). The molecule has 2 N–H and O–H groups in total. The average Bonchev–Trinajstić information content (AvgIpc) is 3.50. The van der Waals surface area contributed by atoms with Crippen LogP contribution in [0.3, 0.4) is 0 Å². The van der Waals surface area contributed by atoms with Crippen molar-refractivity contribution in [2.75, 3.05) is 6.54 Å². The Balaban J connectivity index is 1.25. The van der Waals surface area contributed by atoms with Gasteiger partial charge in [0.15, 0.2) is 0 Å². The normalized spacial score (nSPS) is 11.4. The summed E-state index contributed by atoms with van der Waals surface area (Å²) in [6.45, 7) is 4.71. The highest BCUT2D eigenvalue weighted by molar-refractivity contribution is 6.35. The Bertz CT molecular complexity index is 1790. The minimum absolute atomic E-state index is 0.0637. The van der Waals surface area contributed by atoms with E-state index in [1.165, 1.54) is 0 Å². The zero-order valence-electron chi connectivity index (χ0n) is 22.7. The lowest BCUT2D eigenvalue weighted by Crippen LogP contribution is -2.26. The molecule has 2 aromatic heterocycles. The SMILES string of the molecule is Cc1cc(/C=C(/C#N)C(=O)NCCc2c[nH]c3ccccc23)c(C)n1-c1ccc(OCc2ccc(Cl)cc2Cl)cc1. The monoisotopic (exact) mass is 582 g/mol. The molecule has 6 nitrogen and oxygen atoms in total. The molecule has 0 aliphatic rings. The van der Waals surface area contributed by atoms with Crippen LogP contribution in [0.4, 0.5) is 0 Å². The Hall–Kier alpha value is -4.44. The van der Waals surface area contributed by atoms with Gasteiger partial charge in [-0.15, -0.1) is 0 Å². The number of rotatable bonds is 9. The molecule has 206 valence electrons. The third-order valence-electron chi connectivity index (χ3n) is 6.99. The van der Waals surface area contributed by atoms with Gasteiger partial charge in [0.05, 0.1) is 0 Å². The van der Waals surface area contributed by atoms with Gasteiger partial charge in [-0.1, -0.05) is 47.5 Å². The lowest BCUT2D eigenvalue weighted by molar-refractivity contribution is -0.117. The second-order valence-corrected chi connectivity index (χ2v) is 10.6. The van der Waals surface area contributed by atoms with Gasteiger partial charge in [0.1, 0.15) is 24.0 Å². The fraction of sp³-hybridized carbons (Fsp3) is 0.152. The Morgan fingerprint density at radius 1 is 1.05 bits per heavy atom. The molecule has 0 aliphatic heterocycles. The first-order chi connectivity index (χ1) is 19.8. The zero-order chi connectivity index (χ0) is 28.9. The van der Waals surface area contributed by atoms with Crippen molar-refractivity contribution in [2.45, 2.75) is 26.9 Å². The quantitative estimate of drug-likeness (QED) is 0.138. The molecular weight excluding hydrogens is 555 g/mol. The lowest BCUT2D eigenvalue weighted by Gasteiger charge is -2.12. The first-order valence-electron chi connectivity index (χ1n) is 13.1. The van der Waals surface area contributed by atoms with Crippen LogP contribution in [0.25, 0.3) is 22.7 Å². The summed E-state index contributed by atoms with van der Waals surface area (Å²) in [6.07, 6.45) is 4.27. The summed E-state index contributed by atoms with van der Waals surface area (Å²) in [7, 11) is 0. The second kappa shape index (κ2) is 12.4. The molecule has 0 fully saturated rings. The highest BCUT2D eigenvalue weighted by Gasteiger charge is 2.14. The Labute approximate surface area is 248 Å². The van der Waals surface area contributed by atoms with Gasteiger partial charge in [0.25, 0.3) is 5.91 Å². The van der Waals surface area contributed by atoms with Crippen molar-refractivity contribution >= 4 is 46.1 Å². The molecule has 2 heterocycles. The van der Waals surface area contributed by atoms with Gasteiger partial charge in [-0.25, -0.2) is 0 Å². The minimum atomic E-state index is -0.389. The number of nitrogens with one attached hydrogen (secondary N) is 2. The predicted octanol–water partition coefficient (Wildman–Crippen LogP) is 7.73. The van der Waals surface area contributed by atoms with Gasteiger partial charge in [-0.2, -0.15) is 5.26 Å². The first kappa shape index (κ1) is 28.1. The average molecular weight is 584 g/mol. The minimum Gasteiger partial charge on any atom is -0.489 e. The largest absolute Gasteiger partial charge is 0.489 e. The number of halogens is 2. The number of hydrogen-bond donors (Lipinski definition) is 2. The zero-order valence-corrected chi connectivity index (χ0v) is 24.2. The highest BCUT2D eigenvalue weighted by Crippen LogP contribution is 2.26. The molecule has 0 aliphatic carbocycles. The number of carbonyl (C=O) groups excluding carboxylic acids is 1. The smallest absolute Gasteiger partial charge is 0.261 e. The molecule has 0 saturated heterocycles. The number of aryl methyl sites for hydroxylation is 1. The summed E-state index contributed by atoms with van der Waals surface area (Å²) in [5, 5.41) is 14.9. The Morgan fingerprint density at radius 3 is 2.59 bits per heavy atom. The Kier molecular flexibility index (Phi) is 8.49. The van der Waals surface area contributed by atoms with Crippen molar-refractivity contribution in [1.29, 1.82) is 5.26 Å². The van der Waals surface area contributed by atoms with E-state index in [9.17, 15) is 10.1 Å². The molecule has 0 unspecified atom stereocenters. The summed E-state index contributed by atoms with van der Waals surface area (Å²) in [6, 6.07) is 25.1. The van der Waals surface area contributed by atoms with Crippen molar-refractivity contribution < 1.29 is 9.53 Å². The number of carbonyl (C=O) groups is 1. The van der Waals surface area contributed by atoms with Crippen LogP contribution in [-0.2, 0) is 17.8 Å². The van der Waals surface area contributed by atoms with Crippen LogP contribution in [0.5, 0.6) is 5.75 Å². The second-order valence-electron chi connectivity index (χ2n) is 9.72. The van der Waals surface area contributed by atoms with Gasteiger partial charge >= 0.3 is 0 Å². The fourth-order valence-electron chi connectivity index (χ4n) is 4.87. The van der Waals surface area contributed by atoms with E-state index in [0.29, 0.717) is 35.4 Å². The van der Waals surface area contributed by atoms with Crippen LogP contribution < -0.4 is 10.1 Å². The van der Waals surface area contributed by atoms with Crippen molar-refractivity contribution in [3.8, 4) is 17.5 Å². The number of hydrogen-bond acceptors (Lipinski definition) is 3. The van der Waals surface area contributed by atoms with Crippen LogP contribution in [0, 0.1) is 25.2 Å². The molecule has 5 aromatic rings. The molecule has 0 spiro atoms. The summed E-state index contributed by atoms with van der Waals surface area (Å²) in [4.78, 5) is 16.1. The number of amides is 1. The van der Waals surface area contributed by atoms with Crippen molar-refractivity contribution in [3.63, 3.8) is 0 Å². The maximum absolute atomic E-state index is 12.8. The van der Waals surface area contributed by atoms with Crippen LogP contribution in [-0.4, -0.2) is 22.0 Å². The van der Waals surface area contributed by atoms with Gasteiger partial charge in [0, 0.05) is 56.3 Å². The van der Waals surface area contributed by atoms with Gasteiger partial charge in [-0.05, 0) is 86.0 Å². The summed E-state index contributed by atoms with van der Waals surface area (Å²) in [5.74, 6) is 0.317. The van der Waals surface area contributed by atoms with E-state index in [1.54, 1.807) is 18.2 Å². The highest BCUT2D eigenvalue weighted by atomic mass is 35.5. The predicted molar refractivity (Wildman–Crippen MR) is 165 cm³/mol. The third kappa shape index (κ3) is 6.33. The van der Waals surface area contributed by atoms with E-state index in [1.807, 2.05) is 74.6 Å². The molecule has 8 heteroatoms. The van der Waals surface area contributed by atoms with Crippen molar-refractivity contribution in [2.24, 2.45) is 0 Å². The molecule has 0 radical (unpaired) electrons. The summed E-state index contributed by atoms with van der Waals surface area (Å²) < 4.78 is 7.99. The lowest BCUT2D eigenvalue weighted by atomic mass is 10.1. The topological polar surface area (TPSA) is 82.8 Å². The van der Waals surface area contributed by atoms with Gasteiger partial charge < -0.3 is 19.6 Å². The number of ether oxygens (including phenoxy) is 1. The molecule has 0 saturated carbocycles. The number of H-pyrrole nitrogens is 1. The van der Waals surface area contributed by atoms with Gasteiger partial charge in [-0.3, -0.25) is 4.79 Å². The number of benzene rings is 3. The number of para-hydroxylation sites is 1. The van der Waals surface area contributed by atoms with Crippen LogP contribution in [0.1, 0.15) is 28.1 Å². The molecule has 0 atom stereocenters. The molecule has 1 amide bonds. The van der Waals surface area contributed by atoms with Gasteiger partial charge in [0.2, 0.25) is 0 Å². The third-order valence-corrected chi connectivity index (χ3v) is 7.58. The fourth-order valence-corrected chi connectivity index (χ4v) is 5.33. The molecule has 3 aromatic carbocycles. The van der Waals surface area contributed by atoms with Crippen LogP contribution in [0.15, 0.2) is 84.6 Å².